The Hall–Kier alpha value is -2.73. The van der Waals surface area contributed by atoms with E-state index in [-0.39, 0.29) is 35.5 Å². The van der Waals surface area contributed by atoms with E-state index in [9.17, 15) is 9.59 Å². The summed E-state index contributed by atoms with van der Waals surface area (Å²) in [6.45, 7) is 5.67. The highest BCUT2D eigenvalue weighted by Crippen LogP contribution is 2.31. The zero-order chi connectivity index (χ0) is 20.0. The number of halogens is 1. The lowest BCUT2D eigenvalue weighted by molar-refractivity contribution is -0.118. The molecule has 2 aromatic carbocycles. The Kier molecular flexibility index (Phi) is 7.07. The van der Waals surface area contributed by atoms with Gasteiger partial charge < -0.3 is 19.5 Å². The molecule has 0 aliphatic carbocycles. The zero-order valence-electron chi connectivity index (χ0n) is 15.7. The number of esters is 1. The van der Waals surface area contributed by atoms with E-state index in [0.29, 0.717) is 11.4 Å². The molecule has 144 valence electrons. The second-order valence-corrected chi connectivity index (χ2v) is 6.32. The zero-order valence-corrected chi connectivity index (χ0v) is 16.5. The van der Waals surface area contributed by atoms with Crippen molar-refractivity contribution in [3.05, 3.63) is 52.0 Å². The molecule has 0 aromatic heterocycles. The summed E-state index contributed by atoms with van der Waals surface area (Å²) in [5, 5.41) is 2.85. The van der Waals surface area contributed by atoms with Crippen molar-refractivity contribution in [1.29, 1.82) is 0 Å². The van der Waals surface area contributed by atoms with Crippen molar-refractivity contribution in [3.63, 3.8) is 0 Å². The molecule has 0 aliphatic heterocycles. The molecule has 1 N–H and O–H groups in total. The van der Waals surface area contributed by atoms with Gasteiger partial charge in [-0.3, -0.25) is 4.79 Å². The normalized spacial score (nSPS) is 10.3. The van der Waals surface area contributed by atoms with Gasteiger partial charge in [-0.25, -0.2) is 4.79 Å². The summed E-state index contributed by atoms with van der Waals surface area (Å²) in [4.78, 5) is 24.2. The smallest absolute Gasteiger partial charge is 0.341 e. The lowest BCUT2D eigenvalue weighted by Gasteiger charge is -2.13. The molecule has 27 heavy (non-hydrogen) atoms. The van der Waals surface area contributed by atoms with Crippen molar-refractivity contribution in [2.24, 2.45) is 0 Å². The minimum atomic E-state index is -0.549. The molecule has 6 nitrogen and oxygen atoms in total. The first-order valence-corrected chi connectivity index (χ1v) is 8.77. The van der Waals surface area contributed by atoms with Crippen LogP contribution >= 0.6 is 11.6 Å². The van der Waals surface area contributed by atoms with Crippen LogP contribution in [0.2, 0.25) is 5.02 Å². The molecule has 1 amide bonds. The standard InChI is InChI=1S/C20H22ClNO5/c1-5-26-20(24)15-9-16(21)17(10-18(15)25-4)22-19(23)11-27-14-7-12(2)6-13(3)8-14/h6-10H,5,11H2,1-4H3,(H,22,23). The molecule has 2 aromatic rings. The third-order valence-corrected chi connectivity index (χ3v) is 3.94. The average Bonchev–Trinajstić information content (AvgIpc) is 2.60. The third-order valence-electron chi connectivity index (χ3n) is 3.62. The molecule has 0 spiro atoms. The number of ether oxygens (including phenoxy) is 3. The highest BCUT2D eigenvalue weighted by Gasteiger charge is 2.18. The predicted molar refractivity (Wildman–Crippen MR) is 104 cm³/mol. The maximum atomic E-state index is 12.2. The Bertz CT molecular complexity index is 830. The van der Waals surface area contributed by atoms with Crippen LogP contribution in [-0.4, -0.2) is 32.2 Å². The van der Waals surface area contributed by atoms with Crippen molar-refractivity contribution in [2.45, 2.75) is 20.8 Å². The van der Waals surface area contributed by atoms with Crippen molar-refractivity contribution in [2.75, 3.05) is 25.6 Å². The van der Waals surface area contributed by atoms with Crippen molar-refractivity contribution in [3.8, 4) is 11.5 Å². The summed E-state index contributed by atoms with van der Waals surface area (Å²) in [6, 6.07) is 8.60. The van der Waals surface area contributed by atoms with E-state index >= 15 is 0 Å². The van der Waals surface area contributed by atoms with Crippen LogP contribution in [0.3, 0.4) is 0 Å². The summed E-state index contributed by atoms with van der Waals surface area (Å²) in [6.07, 6.45) is 0. The number of carbonyl (C=O) groups excluding carboxylic acids is 2. The van der Waals surface area contributed by atoms with Crippen LogP contribution in [0.5, 0.6) is 11.5 Å². The first kappa shape index (κ1) is 20.6. The van der Waals surface area contributed by atoms with Crippen LogP contribution in [0.1, 0.15) is 28.4 Å². The number of benzene rings is 2. The number of aryl methyl sites for hydroxylation is 2. The quantitative estimate of drug-likeness (QED) is 0.717. The Labute approximate surface area is 163 Å². The van der Waals surface area contributed by atoms with E-state index < -0.39 is 5.97 Å². The molecular weight excluding hydrogens is 370 g/mol. The first-order valence-electron chi connectivity index (χ1n) is 8.39. The Morgan fingerprint density at radius 2 is 1.74 bits per heavy atom. The van der Waals surface area contributed by atoms with E-state index in [1.165, 1.54) is 19.2 Å². The fourth-order valence-electron chi connectivity index (χ4n) is 2.54. The van der Waals surface area contributed by atoms with Crippen LogP contribution in [-0.2, 0) is 9.53 Å². The molecule has 0 fully saturated rings. The van der Waals surface area contributed by atoms with Gasteiger partial charge in [-0.2, -0.15) is 0 Å². The monoisotopic (exact) mass is 391 g/mol. The van der Waals surface area contributed by atoms with Crippen molar-refractivity contribution < 1.29 is 23.8 Å². The van der Waals surface area contributed by atoms with Gasteiger partial charge in [0, 0.05) is 6.07 Å². The summed E-state index contributed by atoms with van der Waals surface area (Å²) < 4.78 is 15.7. The number of rotatable bonds is 7. The Morgan fingerprint density at radius 3 is 2.33 bits per heavy atom. The summed E-state index contributed by atoms with van der Waals surface area (Å²) in [5.41, 5.74) is 2.60. The number of anilines is 1. The largest absolute Gasteiger partial charge is 0.496 e. The lowest BCUT2D eigenvalue weighted by Crippen LogP contribution is -2.20. The fourth-order valence-corrected chi connectivity index (χ4v) is 2.75. The van der Waals surface area contributed by atoms with E-state index in [1.54, 1.807) is 6.92 Å². The number of nitrogens with one attached hydrogen (secondary N) is 1. The Balaban J connectivity index is 2.09. The maximum Gasteiger partial charge on any atom is 0.341 e. The van der Waals surface area contributed by atoms with Crippen LogP contribution < -0.4 is 14.8 Å². The number of amides is 1. The second kappa shape index (κ2) is 9.28. The van der Waals surface area contributed by atoms with Gasteiger partial charge in [0.15, 0.2) is 6.61 Å². The van der Waals surface area contributed by atoms with Crippen LogP contribution in [0.25, 0.3) is 0 Å². The fraction of sp³-hybridized carbons (Fsp3) is 0.300. The molecule has 0 atom stereocenters. The predicted octanol–water partition coefficient (Wildman–Crippen LogP) is 4.16. The van der Waals surface area contributed by atoms with Crippen LogP contribution in [0, 0.1) is 13.8 Å². The molecule has 0 bridgehead atoms. The van der Waals surface area contributed by atoms with E-state index in [4.69, 9.17) is 25.8 Å². The van der Waals surface area contributed by atoms with Crippen molar-refractivity contribution in [1.82, 2.24) is 0 Å². The molecule has 2 rings (SSSR count). The number of hydrogen-bond donors (Lipinski definition) is 1. The minimum Gasteiger partial charge on any atom is -0.496 e. The SMILES string of the molecule is CCOC(=O)c1cc(Cl)c(NC(=O)COc2cc(C)cc(C)c2)cc1OC. The topological polar surface area (TPSA) is 73.9 Å². The minimum absolute atomic E-state index is 0.179. The second-order valence-electron chi connectivity index (χ2n) is 5.91. The first-order chi connectivity index (χ1) is 12.8. The van der Waals surface area contributed by atoms with Gasteiger partial charge in [-0.1, -0.05) is 17.7 Å². The maximum absolute atomic E-state index is 12.2. The molecule has 0 radical (unpaired) electrons. The summed E-state index contributed by atoms with van der Waals surface area (Å²) in [5.74, 6) is -0.0679. The summed E-state index contributed by atoms with van der Waals surface area (Å²) >= 11 is 6.19. The van der Waals surface area contributed by atoms with Gasteiger partial charge in [0.25, 0.3) is 5.91 Å². The summed E-state index contributed by atoms with van der Waals surface area (Å²) in [7, 11) is 1.42. The molecule has 0 saturated carbocycles. The van der Waals surface area contributed by atoms with Crippen LogP contribution in [0.4, 0.5) is 5.69 Å². The van der Waals surface area contributed by atoms with Gasteiger partial charge >= 0.3 is 5.97 Å². The van der Waals surface area contributed by atoms with Gasteiger partial charge in [0.05, 0.1) is 24.4 Å². The van der Waals surface area contributed by atoms with Crippen LogP contribution in [0.15, 0.2) is 30.3 Å². The average molecular weight is 392 g/mol. The van der Waals surface area contributed by atoms with Gasteiger partial charge in [-0.15, -0.1) is 0 Å². The lowest BCUT2D eigenvalue weighted by atomic mass is 10.1. The molecule has 0 unspecified atom stereocenters. The van der Waals surface area contributed by atoms with E-state index in [0.717, 1.165) is 11.1 Å². The molecule has 7 heteroatoms. The molecule has 0 aliphatic rings. The molecule has 0 saturated heterocycles. The number of carbonyl (C=O) groups is 2. The number of hydrogen-bond acceptors (Lipinski definition) is 5. The highest BCUT2D eigenvalue weighted by molar-refractivity contribution is 6.34. The third kappa shape index (κ3) is 5.62. The van der Waals surface area contributed by atoms with Gasteiger partial charge in [0.1, 0.15) is 17.1 Å². The van der Waals surface area contributed by atoms with Gasteiger partial charge in [0.2, 0.25) is 0 Å². The van der Waals surface area contributed by atoms with E-state index in [2.05, 4.69) is 5.32 Å². The van der Waals surface area contributed by atoms with Gasteiger partial charge in [-0.05, 0) is 50.1 Å². The van der Waals surface area contributed by atoms with E-state index in [1.807, 2.05) is 32.0 Å². The molecular formula is C20H22ClNO5. The highest BCUT2D eigenvalue weighted by atomic mass is 35.5. The molecule has 0 heterocycles. The Morgan fingerprint density at radius 1 is 1.07 bits per heavy atom. The van der Waals surface area contributed by atoms with Crippen molar-refractivity contribution >= 4 is 29.2 Å². The number of methoxy groups -OCH3 is 1.